The second-order valence-electron chi connectivity index (χ2n) is 4.36. The van der Waals surface area contributed by atoms with Gasteiger partial charge in [0.05, 0.1) is 0 Å². The average molecular weight is 262 g/mol. The standard InChI is InChI=1S/C14H18N2OS/c15-6-7-17-13-4-1-3-12(9-13)10-16-11-14-5-2-8-18-14/h1,3-4,9,14,16H,2,5,7-8,10-11H2. The maximum atomic E-state index is 8.47. The van der Waals surface area contributed by atoms with E-state index in [0.717, 1.165) is 24.1 Å². The number of nitriles is 1. The molecule has 1 aromatic carbocycles. The highest BCUT2D eigenvalue weighted by molar-refractivity contribution is 8.00. The number of nitrogens with zero attached hydrogens (tertiary/aromatic N) is 1. The minimum atomic E-state index is 0.107. The van der Waals surface area contributed by atoms with Crippen molar-refractivity contribution in [2.45, 2.75) is 24.6 Å². The fraction of sp³-hybridized carbons (Fsp3) is 0.500. The highest BCUT2D eigenvalue weighted by Crippen LogP contribution is 2.25. The van der Waals surface area contributed by atoms with Gasteiger partial charge in [0.15, 0.2) is 6.61 Å². The molecule has 0 amide bonds. The Balaban J connectivity index is 1.76. The third-order valence-corrected chi connectivity index (χ3v) is 4.33. The Morgan fingerprint density at radius 2 is 2.44 bits per heavy atom. The summed E-state index contributed by atoms with van der Waals surface area (Å²) < 4.78 is 5.28. The quantitative estimate of drug-likeness (QED) is 0.856. The van der Waals surface area contributed by atoms with Crippen LogP contribution in [0, 0.1) is 11.3 Å². The van der Waals surface area contributed by atoms with Crippen molar-refractivity contribution in [2.75, 3.05) is 18.9 Å². The molecule has 4 heteroatoms. The normalized spacial score (nSPS) is 18.5. The van der Waals surface area contributed by atoms with Crippen molar-refractivity contribution in [1.29, 1.82) is 5.26 Å². The Hall–Kier alpha value is -1.18. The van der Waals surface area contributed by atoms with E-state index in [1.165, 1.54) is 24.2 Å². The van der Waals surface area contributed by atoms with E-state index in [1.54, 1.807) is 0 Å². The lowest BCUT2D eigenvalue weighted by Gasteiger charge is -2.10. The summed E-state index contributed by atoms with van der Waals surface area (Å²) in [7, 11) is 0. The number of thioether (sulfide) groups is 1. The van der Waals surface area contributed by atoms with Crippen LogP contribution in [0.2, 0.25) is 0 Å². The van der Waals surface area contributed by atoms with E-state index in [9.17, 15) is 0 Å². The highest BCUT2D eigenvalue weighted by atomic mass is 32.2. The molecule has 1 N–H and O–H groups in total. The van der Waals surface area contributed by atoms with Gasteiger partial charge in [-0.1, -0.05) is 12.1 Å². The zero-order valence-electron chi connectivity index (χ0n) is 10.4. The van der Waals surface area contributed by atoms with Gasteiger partial charge >= 0.3 is 0 Å². The van der Waals surface area contributed by atoms with E-state index in [4.69, 9.17) is 10.00 Å². The lowest BCUT2D eigenvalue weighted by Crippen LogP contribution is -2.22. The molecule has 18 heavy (non-hydrogen) atoms. The van der Waals surface area contributed by atoms with Gasteiger partial charge in [0.25, 0.3) is 0 Å². The van der Waals surface area contributed by atoms with Crippen LogP contribution in [-0.4, -0.2) is 24.2 Å². The minimum Gasteiger partial charge on any atom is -0.479 e. The van der Waals surface area contributed by atoms with Crippen LogP contribution in [0.3, 0.4) is 0 Å². The minimum absolute atomic E-state index is 0.107. The van der Waals surface area contributed by atoms with Crippen LogP contribution in [-0.2, 0) is 6.54 Å². The van der Waals surface area contributed by atoms with Gasteiger partial charge in [0.2, 0.25) is 0 Å². The molecule has 1 heterocycles. The monoisotopic (exact) mass is 262 g/mol. The predicted octanol–water partition coefficient (Wildman–Crippen LogP) is 2.57. The molecule has 1 atom stereocenters. The molecule has 0 radical (unpaired) electrons. The fourth-order valence-electron chi connectivity index (χ4n) is 2.04. The van der Waals surface area contributed by atoms with Crippen molar-refractivity contribution in [3.05, 3.63) is 29.8 Å². The first kappa shape index (κ1) is 13.3. The number of nitrogens with one attached hydrogen (secondary N) is 1. The Kier molecular flexibility index (Phi) is 5.37. The Bertz CT molecular complexity index is 411. The Labute approximate surface area is 113 Å². The summed E-state index contributed by atoms with van der Waals surface area (Å²) in [5, 5.41) is 12.7. The van der Waals surface area contributed by atoms with Crippen molar-refractivity contribution < 1.29 is 4.74 Å². The Morgan fingerprint density at radius 1 is 1.50 bits per heavy atom. The molecule has 0 aliphatic carbocycles. The van der Waals surface area contributed by atoms with Gasteiger partial charge < -0.3 is 10.1 Å². The molecular formula is C14H18N2OS. The molecule has 1 unspecified atom stereocenters. The van der Waals surface area contributed by atoms with Crippen LogP contribution in [0.1, 0.15) is 18.4 Å². The van der Waals surface area contributed by atoms with E-state index >= 15 is 0 Å². The maximum Gasteiger partial charge on any atom is 0.174 e. The van der Waals surface area contributed by atoms with Crippen LogP contribution >= 0.6 is 11.8 Å². The lowest BCUT2D eigenvalue weighted by atomic mass is 10.2. The largest absolute Gasteiger partial charge is 0.479 e. The van der Waals surface area contributed by atoms with Gasteiger partial charge in [-0.25, -0.2) is 0 Å². The summed E-state index contributed by atoms with van der Waals surface area (Å²) in [5.74, 6) is 2.08. The zero-order valence-corrected chi connectivity index (χ0v) is 11.2. The fourth-order valence-corrected chi connectivity index (χ4v) is 3.28. The molecule has 1 saturated heterocycles. The number of hydrogen-bond donors (Lipinski definition) is 1. The predicted molar refractivity (Wildman–Crippen MR) is 74.7 cm³/mol. The first-order valence-electron chi connectivity index (χ1n) is 6.29. The first-order valence-corrected chi connectivity index (χ1v) is 7.34. The van der Waals surface area contributed by atoms with Crippen molar-refractivity contribution in [3.8, 4) is 11.8 Å². The molecule has 2 rings (SSSR count). The van der Waals surface area contributed by atoms with Crippen molar-refractivity contribution >= 4 is 11.8 Å². The van der Waals surface area contributed by atoms with Crippen LogP contribution in [0.15, 0.2) is 24.3 Å². The van der Waals surface area contributed by atoms with Gasteiger partial charge in [0, 0.05) is 18.3 Å². The van der Waals surface area contributed by atoms with Crippen LogP contribution < -0.4 is 10.1 Å². The van der Waals surface area contributed by atoms with Gasteiger partial charge in [-0.2, -0.15) is 17.0 Å². The maximum absolute atomic E-state index is 8.47. The number of ether oxygens (including phenoxy) is 1. The molecular weight excluding hydrogens is 244 g/mol. The van der Waals surface area contributed by atoms with Crippen LogP contribution in [0.4, 0.5) is 0 Å². The summed E-state index contributed by atoms with van der Waals surface area (Å²) in [6.45, 7) is 2.05. The Morgan fingerprint density at radius 3 is 3.22 bits per heavy atom. The summed E-state index contributed by atoms with van der Waals surface area (Å²) in [4.78, 5) is 0. The van der Waals surface area contributed by atoms with Gasteiger partial charge in [0.1, 0.15) is 11.8 Å². The SMILES string of the molecule is N#CCOc1cccc(CNCC2CCCS2)c1. The molecule has 1 aromatic rings. The van der Waals surface area contributed by atoms with Gasteiger partial charge in [-0.3, -0.25) is 0 Å². The third-order valence-electron chi connectivity index (χ3n) is 2.93. The molecule has 0 aromatic heterocycles. The number of hydrogen-bond acceptors (Lipinski definition) is 4. The van der Waals surface area contributed by atoms with Crippen LogP contribution in [0.25, 0.3) is 0 Å². The molecule has 96 valence electrons. The summed E-state index contributed by atoms with van der Waals surface area (Å²) in [6.07, 6.45) is 2.69. The van der Waals surface area contributed by atoms with E-state index in [2.05, 4.69) is 23.1 Å². The van der Waals surface area contributed by atoms with E-state index in [0.29, 0.717) is 0 Å². The molecule has 0 spiro atoms. The molecule has 1 fully saturated rings. The lowest BCUT2D eigenvalue weighted by molar-refractivity contribution is 0.367. The molecule has 3 nitrogen and oxygen atoms in total. The van der Waals surface area contributed by atoms with E-state index in [1.807, 2.05) is 24.3 Å². The number of benzene rings is 1. The number of rotatable bonds is 6. The molecule has 0 saturated carbocycles. The topological polar surface area (TPSA) is 45.0 Å². The smallest absolute Gasteiger partial charge is 0.174 e. The van der Waals surface area contributed by atoms with Crippen molar-refractivity contribution in [1.82, 2.24) is 5.32 Å². The van der Waals surface area contributed by atoms with Crippen molar-refractivity contribution in [2.24, 2.45) is 0 Å². The van der Waals surface area contributed by atoms with Crippen LogP contribution in [0.5, 0.6) is 5.75 Å². The zero-order chi connectivity index (χ0) is 12.6. The van der Waals surface area contributed by atoms with Crippen molar-refractivity contribution in [3.63, 3.8) is 0 Å². The highest BCUT2D eigenvalue weighted by Gasteiger charge is 2.14. The molecule has 1 aliphatic rings. The van der Waals surface area contributed by atoms with E-state index < -0.39 is 0 Å². The van der Waals surface area contributed by atoms with Gasteiger partial charge in [-0.15, -0.1) is 0 Å². The molecule has 0 bridgehead atoms. The second kappa shape index (κ2) is 7.30. The second-order valence-corrected chi connectivity index (χ2v) is 5.77. The summed E-state index contributed by atoms with van der Waals surface area (Å²) in [5.41, 5.74) is 1.20. The van der Waals surface area contributed by atoms with Gasteiger partial charge in [-0.05, 0) is 36.3 Å². The first-order chi connectivity index (χ1) is 8.88. The summed E-state index contributed by atoms with van der Waals surface area (Å²) in [6, 6.07) is 9.89. The van der Waals surface area contributed by atoms with E-state index in [-0.39, 0.29) is 6.61 Å². The molecule has 1 aliphatic heterocycles. The average Bonchev–Trinajstić information content (AvgIpc) is 2.90. The summed E-state index contributed by atoms with van der Waals surface area (Å²) >= 11 is 2.07. The third kappa shape index (κ3) is 4.25.